The second-order valence-electron chi connectivity index (χ2n) is 7.91. The van der Waals surface area contributed by atoms with Crippen LogP contribution in [-0.2, 0) is 13.0 Å². The Bertz CT molecular complexity index is 1190. The molecule has 3 N–H and O–H groups in total. The highest BCUT2D eigenvalue weighted by Crippen LogP contribution is 2.25. The first-order valence-electron chi connectivity index (χ1n) is 10.0. The molecular formula is C23H24N4O. The molecule has 0 aliphatic heterocycles. The zero-order chi connectivity index (χ0) is 18.9. The van der Waals surface area contributed by atoms with Crippen molar-refractivity contribution in [3.8, 4) is 0 Å². The van der Waals surface area contributed by atoms with Crippen molar-refractivity contribution in [2.75, 3.05) is 6.54 Å². The van der Waals surface area contributed by atoms with Crippen LogP contribution in [0.25, 0.3) is 21.7 Å². The SMILES string of the molecule is O=c1[nH]c(Cc2ccc3cc(CNCC4CCC4)[nH]c3c2)cc2ccncc12. The molecule has 3 heterocycles. The number of rotatable bonds is 6. The van der Waals surface area contributed by atoms with Crippen molar-refractivity contribution in [1.82, 2.24) is 20.3 Å². The van der Waals surface area contributed by atoms with E-state index in [9.17, 15) is 4.79 Å². The van der Waals surface area contributed by atoms with Crippen LogP contribution in [0, 0.1) is 5.92 Å². The van der Waals surface area contributed by atoms with Gasteiger partial charge in [-0.2, -0.15) is 0 Å². The van der Waals surface area contributed by atoms with Gasteiger partial charge >= 0.3 is 0 Å². The Kier molecular flexibility index (Phi) is 4.45. The van der Waals surface area contributed by atoms with E-state index in [0.29, 0.717) is 11.8 Å². The molecule has 1 fully saturated rings. The van der Waals surface area contributed by atoms with E-state index in [0.717, 1.165) is 35.6 Å². The van der Waals surface area contributed by atoms with E-state index >= 15 is 0 Å². The summed E-state index contributed by atoms with van der Waals surface area (Å²) in [7, 11) is 0. The second-order valence-corrected chi connectivity index (χ2v) is 7.91. The monoisotopic (exact) mass is 372 g/mol. The Hall–Kier alpha value is -2.92. The van der Waals surface area contributed by atoms with Gasteiger partial charge < -0.3 is 15.3 Å². The van der Waals surface area contributed by atoms with Gasteiger partial charge in [0.2, 0.25) is 0 Å². The van der Waals surface area contributed by atoms with Gasteiger partial charge in [-0.15, -0.1) is 0 Å². The second kappa shape index (κ2) is 7.24. The van der Waals surface area contributed by atoms with Crippen molar-refractivity contribution in [3.63, 3.8) is 0 Å². The molecule has 0 atom stereocenters. The molecule has 0 radical (unpaired) electrons. The number of nitrogens with one attached hydrogen (secondary N) is 3. The highest BCUT2D eigenvalue weighted by molar-refractivity contribution is 5.82. The normalized spacial score (nSPS) is 14.6. The predicted molar refractivity (Wildman–Crippen MR) is 113 cm³/mol. The smallest absolute Gasteiger partial charge is 0.257 e. The molecule has 0 unspecified atom stereocenters. The summed E-state index contributed by atoms with van der Waals surface area (Å²) < 4.78 is 0. The minimum absolute atomic E-state index is 0.0821. The molecule has 0 bridgehead atoms. The number of nitrogens with zero attached hydrogens (tertiary/aromatic N) is 1. The van der Waals surface area contributed by atoms with Gasteiger partial charge in [-0.05, 0) is 65.9 Å². The third kappa shape index (κ3) is 3.45. The lowest BCUT2D eigenvalue weighted by Crippen LogP contribution is -2.26. The van der Waals surface area contributed by atoms with Gasteiger partial charge in [0.05, 0.1) is 5.39 Å². The van der Waals surface area contributed by atoms with Crippen LogP contribution in [0.1, 0.15) is 36.2 Å². The van der Waals surface area contributed by atoms with Crippen molar-refractivity contribution in [2.45, 2.75) is 32.2 Å². The van der Waals surface area contributed by atoms with Gasteiger partial charge in [0.15, 0.2) is 0 Å². The molecule has 5 nitrogen and oxygen atoms in total. The summed E-state index contributed by atoms with van der Waals surface area (Å²) in [6.45, 7) is 2.00. The minimum Gasteiger partial charge on any atom is -0.357 e. The number of fused-ring (bicyclic) bond motifs is 2. The van der Waals surface area contributed by atoms with Crippen LogP contribution < -0.4 is 10.9 Å². The molecule has 0 saturated heterocycles. The molecule has 3 aromatic heterocycles. The maximum absolute atomic E-state index is 12.3. The van der Waals surface area contributed by atoms with E-state index in [4.69, 9.17) is 0 Å². The summed E-state index contributed by atoms with van der Waals surface area (Å²) in [6.07, 6.45) is 8.16. The summed E-state index contributed by atoms with van der Waals surface area (Å²) in [6, 6.07) is 12.6. The first-order valence-corrected chi connectivity index (χ1v) is 10.0. The molecule has 1 aliphatic rings. The Balaban J connectivity index is 1.34. The largest absolute Gasteiger partial charge is 0.357 e. The van der Waals surface area contributed by atoms with Gasteiger partial charge in [-0.3, -0.25) is 9.78 Å². The first kappa shape index (κ1) is 17.2. The Morgan fingerprint density at radius 2 is 1.93 bits per heavy atom. The topological polar surface area (TPSA) is 73.6 Å². The molecule has 0 spiro atoms. The fourth-order valence-corrected chi connectivity index (χ4v) is 4.02. The van der Waals surface area contributed by atoms with Crippen LogP contribution in [0.2, 0.25) is 0 Å². The number of aromatic amines is 2. The van der Waals surface area contributed by atoms with Crippen molar-refractivity contribution in [2.24, 2.45) is 5.92 Å². The predicted octanol–water partition coefficient (Wildman–Crippen LogP) is 3.88. The van der Waals surface area contributed by atoms with Crippen LogP contribution in [-0.4, -0.2) is 21.5 Å². The maximum Gasteiger partial charge on any atom is 0.257 e. The summed E-state index contributed by atoms with van der Waals surface area (Å²) in [5.41, 5.74) is 4.37. The minimum atomic E-state index is -0.0821. The van der Waals surface area contributed by atoms with Crippen molar-refractivity contribution in [3.05, 3.63) is 76.1 Å². The Labute approximate surface area is 163 Å². The van der Waals surface area contributed by atoms with E-state index in [-0.39, 0.29) is 5.56 Å². The average Bonchev–Trinajstić information content (AvgIpc) is 3.06. The van der Waals surface area contributed by atoms with Crippen LogP contribution >= 0.6 is 0 Å². The van der Waals surface area contributed by atoms with Crippen LogP contribution in [0.3, 0.4) is 0 Å². The van der Waals surface area contributed by atoms with Crippen molar-refractivity contribution in [1.29, 1.82) is 0 Å². The summed E-state index contributed by atoms with van der Waals surface area (Å²) in [5.74, 6) is 0.871. The molecule has 0 amide bonds. The van der Waals surface area contributed by atoms with E-state index in [1.54, 1.807) is 12.4 Å². The van der Waals surface area contributed by atoms with E-state index in [2.05, 4.69) is 44.5 Å². The van der Waals surface area contributed by atoms with Gasteiger partial charge in [0, 0.05) is 42.3 Å². The Morgan fingerprint density at radius 1 is 1.04 bits per heavy atom. The molecule has 4 aromatic rings. The third-order valence-electron chi connectivity index (χ3n) is 5.81. The van der Waals surface area contributed by atoms with Crippen LogP contribution in [0.4, 0.5) is 0 Å². The molecule has 5 heteroatoms. The molecule has 142 valence electrons. The molecule has 1 aromatic carbocycles. The van der Waals surface area contributed by atoms with E-state index in [1.165, 1.54) is 35.9 Å². The molecular weight excluding hydrogens is 348 g/mol. The first-order chi connectivity index (χ1) is 13.7. The summed E-state index contributed by atoms with van der Waals surface area (Å²) in [5, 5.41) is 6.35. The summed E-state index contributed by atoms with van der Waals surface area (Å²) >= 11 is 0. The fourth-order valence-electron chi connectivity index (χ4n) is 4.02. The number of pyridine rings is 2. The standard InChI is InChI=1S/C23H24N4O/c28-23-21-14-24-7-6-17(21)10-19(27-23)8-16-4-5-18-11-20(26-22(18)9-16)13-25-12-15-2-1-3-15/h4-7,9-11,14-15,25-26H,1-3,8,12-13H2,(H,27,28). The maximum atomic E-state index is 12.3. The number of hydrogen-bond acceptors (Lipinski definition) is 3. The molecule has 5 rings (SSSR count). The van der Waals surface area contributed by atoms with Crippen LogP contribution in [0.5, 0.6) is 0 Å². The Morgan fingerprint density at radius 3 is 2.79 bits per heavy atom. The lowest BCUT2D eigenvalue weighted by Gasteiger charge is -2.25. The van der Waals surface area contributed by atoms with Crippen molar-refractivity contribution < 1.29 is 0 Å². The highest BCUT2D eigenvalue weighted by atomic mass is 16.1. The van der Waals surface area contributed by atoms with Gasteiger partial charge in [-0.25, -0.2) is 0 Å². The number of benzene rings is 1. The van der Waals surface area contributed by atoms with Gasteiger partial charge in [0.25, 0.3) is 5.56 Å². The van der Waals surface area contributed by atoms with E-state index < -0.39 is 0 Å². The molecule has 28 heavy (non-hydrogen) atoms. The lowest BCUT2D eigenvalue weighted by atomic mass is 9.85. The lowest BCUT2D eigenvalue weighted by molar-refractivity contribution is 0.301. The fraction of sp³-hybridized carbons (Fsp3) is 0.304. The average molecular weight is 372 g/mol. The van der Waals surface area contributed by atoms with Gasteiger partial charge in [0.1, 0.15) is 0 Å². The van der Waals surface area contributed by atoms with E-state index in [1.807, 2.05) is 12.1 Å². The van der Waals surface area contributed by atoms with Crippen molar-refractivity contribution >= 4 is 21.7 Å². The highest BCUT2D eigenvalue weighted by Gasteiger charge is 2.16. The number of aromatic nitrogens is 3. The van der Waals surface area contributed by atoms with Crippen LogP contribution in [0.15, 0.2) is 53.6 Å². The third-order valence-corrected chi connectivity index (χ3v) is 5.81. The zero-order valence-corrected chi connectivity index (χ0v) is 15.8. The molecule has 1 saturated carbocycles. The summed E-state index contributed by atoms with van der Waals surface area (Å²) in [4.78, 5) is 22.8. The number of hydrogen-bond donors (Lipinski definition) is 3. The molecule has 1 aliphatic carbocycles. The zero-order valence-electron chi connectivity index (χ0n) is 15.8. The van der Waals surface area contributed by atoms with Gasteiger partial charge in [-0.1, -0.05) is 18.6 Å². The number of H-pyrrole nitrogens is 2. The quantitative estimate of drug-likeness (QED) is 0.481.